The number of hydrogen-bond acceptors (Lipinski definition) is 7. The molecule has 148 valence electrons. The molecule has 8 heteroatoms. The first-order valence-electron chi connectivity index (χ1n) is 8.98. The maximum Gasteiger partial charge on any atom is 0.276 e. The molecule has 1 amide bonds. The first kappa shape index (κ1) is 19.1. The van der Waals surface area contributed by atoms with Gasteiger partial charge in [0.05, 0.1) is 19.6 Å². The van der Waals surface area contributed by atoms with Gasteiger partial charge < -0.3 is 9.47 Å². The Morgan fingerprint density at radius 1 is 1.24 bits per heavy atom. The summed E-state index contributed by atoms with van der Waals surface area (Å²) in [5, 5.41) is 11.2. The fourth-order valence-corrected chi connectivity index (χ4v) is 3.86. The molecule has 0 spiro atoms. The van der Waals surface area contributed by atoms with Gasteiger partial charge in [0.25, 0.3) is 5.91 Å². The number of fused-ring (bicyclic) bond motifs is 2. The molecular weight excluding hydrogens is 388 g/mol. The second kappa shape index (κ2) is 8.00. The van der Waals surface area contributed by atoms with Gasteiger partial charge in [0.15, 0.2) is 11.3 Å². The number of amides is 1. The van der Waals surface area contributed by atoms with Crippen LogP contribution in [0.25, 0.3) is 5.70 Å². The Hall–Kier alpha value is -3.26. The highest BCUT2D eigenvalue weighted by Gasteiger charge is 2.35. The zero-order chi connectivity index (χ0) is 20.4. The van der Waals surface area contributed by atoms with E-state index in [0.29, 0.717) is 28.1 Å². The van der Waals surface area contributed by atoms with Crippen LogP contribution in [-0.2, 0) is 4.79 Å². The predicted molar refractivity (Wildman–Crippen MR) is 113 cm³/mol. The second-order valence-corrected chi connectivity index (χ2v) is 7.29. The van der Waals surface area contributed by atoms with E-state index in [4.69, 9.17) is 14.5 Å². The third kappa shape index (κ3) is 3.47. The van der Waals surface area contributed by atoms with E-state index >= 15 is 0 Å². The molecular formula is C21H20N4O3S. The summed E-state index contributed by atoms with van der Waals surface area (Å²) in [5.41, 5.74) is 1.21. The number of nitrogens with one attached hydrogen (secondary N) is 1. The van der Waals surface area contributed by atoms with Crippen LogP contribution in [0, 0.1) is 0 Å². The molecule has 2 aliphatic heterocycles. The predicted octanol–water partition coefficient (Wildman–Crippen LogP) is 1.77. The minimum atomic E-state index is -0.574. The van der Waals surface area contributed by atoms with Gasteiger partial charge in [-0.05, 0) is 24.3 Å². The van der Waals surface area contributed by atoms with E-state index in [1.807, 2.05) is 42.5 Å². The molecule has 2 aromatic rings. The van der Waals surface area contributed by atoms with E-state index < -0.39 is 6.17 Å². The maximum absolute atomic E-state index is 13.0. The molecule has 7 nitrogen and oxygen atoms in total. The van der Waals surface area contributed by atoms with Gasteiger partial charge in [0.1, 0.15) is 17.2 Å². The lowest BCUT2D eigenvalue weighted by Crippen LogP contribution is -2.50. The van der Waals surface area contributed by atoms with E-state index in [0.717, 1.165) is 16.1 Å². The average Bonchev–Trinajstić information content (AvgIpc) is 2.76. The largest absolute Gasteiger partial charge is 0.497 e. The van der Waals surface area contributed by atoms with Crippen molar-refractivity contribution in [1.29, 1.82) is 0 Å². The first-order valence-corrected chi connectivity index (χ1v) is 9.97. The number of thioether (sulfide) groups is 1. The van der Waals surface area contributed by atoms with Gasteiger partial charge in [-0.25, -0.2) is 5.01 Å². The third-order valence-electron chi connectivity index (χ3n) is 4.57. The summed E-state index contributed by atoms with van der Waals surface area (Å²) in [6.07, 6.45) is 1.19. The fraction of sp³-hybridized carbons (Fsp3) is 0.190. The lowest BCUT2D eigenvalue weighted by atomic mass is 10.1. The molecule has 0 aliphatic carbocycles. The zero-order valence-corrected chi connectivity index (χ0v) is 16.9. The van der Waals surface area contributed by atoms with Crippen LogP contribution < -0.4 is 25.4 Å². The quantitative estimate of drug-likeness (QED) is 0.763. The number of para-hydroxylation sites is 1. The number of hydrazone groups is 1. The number of benzene rings is 2. The molecule has 2 heterocycles. The lowest BCUT2D eigenvalue weighted by Gasteiger charge is -2.34. The van der Waals surface area contributed by atoms with Gasteiger partial charge in [0, 0.05) is 16.5 Å². The van der Waals surface area contributed by atoms with Crippen molar-refractivity contribution >= 4 is 28.5 Å². The highest BCUT2D eigenvalue weighted by atomic mass is 32.2. The van der Waals surface area contributed by atoms with Crippen molar-refractivity contribution in [3.8, 4) is 11.5 Å². The van der Waals surface area contributed by atoms with E-state index in [-0.39, 0.29) is 5.91 Å². The number of hydrogen-bond donors (Lipinski definition) is 1. The van der Waals surface area contributed by atoms with Crippen molar-refractivity contribution in [1.82, 2.24) is 10.3 Å². The number of nitrogens with zero attached hydrogens (tertiary/aromatic N) is 3. The topological polar surface area (TPSA) is 75.5 Å². The highest BCUT2D eigenvalue weighted by Crippen LogP contribution is 2.37. The molecule has 1 N–H and O–H groups in total. The second-order valence-electron chi connectivity index (χ2n) is 6.28. The van der Waals surface area contributed by atoms with Crippen LogP contribution in [0.4, 0.5) is 0 Å². The molecule has 29 heavy (non-hydrogen) atoms. The van der Waals surface area contributed by atoms with Crippen LogP contribution in [0.3, 0.4) is 0 Å². The summed E-state index contributed by atoms with van der Waals surface area (Å²) in [7, 11) is 3.21. The Balaban J connectivity index is 1.94. The number of carbonyl (C=O) groups excluding carboxylic acids is 1. The third-order valence-corrected chi connectivity index (χ3v) is 5.43. The Morgan fingerprint density at radius 2 is 2.07 bits per heavy atom. The summed E-state index contributed by atoms with van der Waals surface area (Å²) >= 11 is 1.40. The number of amidine groups is 1. The molecule has 2 aromatic carbocycles. The Labute approximate surface area is 172 Å². The lowest BCUT2D eigenvalue weighted by molar-refractivity contribution is -0.116. The smallest absolute Gasteiger partial charge is 0.276 e. The van der Waals surface area contributed by atoms with Crippen LogP contribution in [0.2, 0.25) is 0 Å². The van der Waals surface area contributed by atoms with Crippen molar-refractivity contribution in [2.45, 2.75) is 6.17 Å². The minimum Gasteiger partial charge on any atom is -0.497 e. The number of methoxy groups -OCH3 is 2. The van der Waals surface area contributed by atoms with Crippen LogP contribution >= 0.6 is 11.8 Å². The molecule has 0 fully saturated rings. The molecule has 0 aromatic heterocycles. The van der Waals surface area contributed by atoms with Gasteiger partial charge in [-0.15, -0.1) is 11.7 Å². The van der Waals surface area contributed by atoms with Crippen LogP contribution in [0.1, 0.15) is 11.7 Å². The van der Waals surface area contributed by atoms with E-state index in [1.54, 1.807) is 25.3 Å². The SMILES string of the molecule is C=CCSC1=NN2C(=c3ccccc3=N[C@@H]2c2cc(OC)ccc2OC)C(=O)N1. The number of rotatable bonds is 5. The Bertz CT molecular complexity index is 1130. The van der Waals surface area contributed by atoms with Gasteiger partial charge in [-0.2, -0.15) is 0 Å². The molecule has 0 saturated carbocycles. The van der Waals surface area contributed by atoms with Crippen LogP contribution in [-0.4, -0.2) is 36.1 Å². The fourth-order valence-electron chi connectivity index (χ4n) is 3.27. The van der Waals surface area contributed by atoms with Gasteiger partial charge in [0.2, 0.25) is 0 Å². The Kier molecular flexibility index (Phi) is 5.26. The van der Waals surface area contributed by atoms with Crippen molar-refractivity contribution in [2.24, 2.45) is 10.1 Å². The summed E-state index contributed by atoms with van der Waals surface area (Å²) in [6.45, 7) is 3.72. The molecule has 0 radical (unpaired) electrons. The van der Waals surface area contributed by atoms with E-state index in [2.05, 4.69) is 17.0 Å². The normalized spacial score (nSPS) is 17.4. The van der Waals surface area contributed by atoms with Crippen molar-refractivity contribution in [3.63, 3.8) is 0 Å². The molecule has 0 saturated heterocycles. The summed E-state index contributed by atoms with van der Waals surface area (Å²) in [4.78, 5) is 17.9. The summed E-state index contributed by atoms with van der Waals surface area (Å²) in [5.74, 6) is 1.71. The van der Waals surface area contributed by atoms with Gasteiger partial charge in [-0.1, -0.05) is 36.0 Å². The average molecular weight is 408 g/mol. The molecule has 0 bridgehead atoms. The standard InChI is InChI=1S/C21H20N4O3S/c1-4-11-29-21-23-20(26)18-14-7-5-6-8-16(14)22-19(25(18)24-21)15-12-13(27-2)9-10-17(15)28-3/h4-10,12,19H,1,11H2,2-3H3,(H,23,24,26)/t19-/m0/s1. The molecule has 1 atom stereocenters. The summed E-state index contributed by atoms with van der Waals surface area (Å²) < 4.78 is 11.0. The molecule has 4 rings (SSSR count). The van der Waals surface area contributed by atoms with Gasteiger partial charge >= 0.3 is 0 Å². The van der Waals surface area contributed by atoms with E-state index in [1.165, 1.54) is 11.8 Å². The van der Waals surface area contributed by atoms with E-state index in [9.17, 15) is 4.79 Å². The van der Waals surface area contributed by atoms with Crippen molar-refractivity contribution < 1.29 is 14.3 Å². The molecule has 2 aliphatic rings. The van der Waals surface area contributed by atoms with Crippen LogP contribution in [0.15, 0.2) is 65.2 Å². The van der Waals surface area contributed by atoms with Gasteiger partial charge in [-0.3, -0.25) is 15.1 Å². The number of ether oxygens (including phenoxy) is 2. The monoisotopic (exact) mass is 408 g/mol. The minimum absolute atomic E-state index is 0.222. The molecule has 0 unspecified atom stereocenters. The zero-order valence-electron chi connectivity index (χ0n) is 16.1. The highest BCUT2D eigenvalue weighted by molar-refractivity contribution is 8.14. The van der Waals surface area contributed by atoms with Crippen molar-refractivity contribution in [3.05, 3.63) is 71.3 Å². The first-order chi connectivity index (χ1) is 14.2. The van der Waals surface area contributed by atoms with Crippen molar-refractivity contribution in [2.75, 3.05) is 20.0 Å². The van der Waals surface area contributed by atoms with Crippen LogP contribution in [0.5, 0.6) is 11.5 Å². The summed E-state index contributed by atoms with van der Waals surface area (Å²) in [6, 6.07) is 13.0. The number of carbonyl (C=O) groups is 1. The maximum atomic E-state index is 13.0. The Morgan fingerprint density at radius 3 is 2.83 bits per heavy atom.